The van der Waals surface area contributed by atoms with Gasteiger partial charge in [-0.05, 0) is 30.7 Å². The molecule has 2 atom stereocenters. The van der Waals surface area contributed by atoms with Gasteiger partial charge in [0, 0.05) is 6.54 Å². The third kappa shape index (κ3) is 2.82. The first-order valence-electron chi connectivity index (χ1n) is 7.72. The van der Waals surface area contributed by atoms with E-state index in [1.54, 1.807) is 10.6 Å². The van der Waals surface area contributed by atoms with Gasteiger partial charge in [0.1, 0.15) is 5.82 Å². The molecule has 0 spiro atoms. The summed E-state index contributed by atoms with van der Waals surface area (Å²) in [4.78, 5) is 17.7. The van der Waals surface area contributed by atoms with Crippen molar-refractivity contribution in [2.45, 2.75) is 18.6 Å². The van der Waals surface area contributed by atoms with Gasteiger partial charge >= 0.3 is 0 Å². The van der Waals surface area contributed by atoms with E-state index in [0.29, 0.717) is 29.7 Å². The molecule has 0 unspecified atom stereocenters. The summed E-state index contributed by atoms with van der Waals surface area (Å²) in [6.45, 7) is 0.516. The summed E-state index contributed by atoms with van der Waals surface area (Å²) in [5, 5.41) is 13.7. The van der Waals surface area contributed by atoms with Gasteiger partial charge in [-0.3, -0.25) is 9.36 Å². The summed E-state index contributed by atoms with van der Waals surface area (Å²) in [7, 11) is 0. The molecule has 5 nitrogen and oxygen atoms in total. The highest BCUT2D eigenvalue weighted by Crippen LogP contribution is 2.24. The normalized spacial score (nSPS) is 20.0. The highest BCUT2D eigenvalue weighted by atomic mass is 35.5. The topological polar surface area (TPSA) is 67.2 Å². The molecular weight excluding hydrogens is 326 g/mol. The number of nitrogens with one attached hydrogen (secondary N) is 1. The first-order chi connectivity index (χ1) is 11.2. The van der Waals surface area contributed by atoms with Crippen LogP contribution < -0.4 is 10.9 Å². The van der Waals surface area contributed by atoms with Crippen molar-refractivity contribution < 1.29 is 5.11 Å². The zero-order chi connectivity index (χ0) is 15.8. The summed E-state index contributed by atoms with van der Waals surface area (Å²) in [6, 6.07) is 16.7. The smallest absolute Gasteiger partial charge is 0.266 e. The molecule has 24 heavy (non-hydrogen) atoms. The molecule has 2 heterocycles. The molecule has 4 rings (SSSR count). The maximum absolute atomic E-state index is 13.0. The van der Waals surface area contributed by atoms with Gasteiger partial charge in [-0.15, -0.1) is 12.4 Å². The van der Waals surface area contributed by atoms with E-state index in [1.165, 1.54) is 0 Å². The number of rotatable bonds is 2. The third-order valence-corrected chi connectivity index (χ3v) is 4.24. The number of aliphatic hydroxyl groups is 1. The predicted octanol–water partition coefficient (Wildman–Crippen LogP) is 2.20. The molecule has 3 aromatic rings. The standard InChI is InChI=1S/C18H17N3O2.ClH/c22-13-10-16(19-11-13)17-20-15-9-5-4-8-14(15)18(23)21(17)12-6-2-1-3-7-12;/h1-9,13,16,19,22H,10-11H2;1H/t13-,16-;/m0./s1. The van der Waals surface area contributed by atoms with Crippen molar-refractivity contribution in [2.24, 2.45) is 0 Å². The summed E-state index contributed by atoms with van der Waals surface area (Å²) >= 11 is 0. The summed E-state index contributed by atoms with van der Waals surface area (Å²) in [6.07, 6.45) is 0.144. The second kappa shape index (κ2) is 6.73. The number of fused-ring (bicyclic) bond motifs is 1. The molecule has 1 aliphatic rings. The van der Waals surface area contributed by atoms with Crippen molar-refractivity contribution in [3.8, 4) is 5.69 Å². The SMILES string of the molecule is Cl.O=c1c2ccccc2nc([C@@H]2C[C@H](O)CN2)n1-c1ccccc1. The minimum absolute atomic E-state index is 0. The summed E-state index contributed by atoms with van der Waals surface area (Å²) in [5.41, 5.74) is 1.39. The van der Waals surface area contributed by atoms with Gasteiger partial charge in [0.2, 0.25) is 0 Å². The van der Waals surface area contributed by atoms with Gasteiger partial charge in [0.25, 0.3) is 5.56 Å². The zero-order valence-electron chi connectivity index (χ0n) is 12.9. The molecule has 0 bridgehead atoms. The molecule has 0 radical (unpaired) electrons. The van der Waals surface area contributed by atoms with Gasteiger partial charge < -0.3 is 10.4 Å². The minimum Gasteiger partial charge on any atom is -0.392 e. The van der Waals surface area contributed by atoms with Crippen LogP contribution in [0.1, 0.15) is 18.3 Å². The molecule has 1 aliphatic heterocycles. The monoisotopic (exact) mass is 343 g/mol. The van der Waals surface area contributed by atoms with Crippen LogP contribution in [-0.2, 0) is 0 Å². The van der Waals surface area contributed by atoms with E-state index in [0.717, 1.165) is 5.69 Å². The van der Waals surface area contributed by atoms with Crippen LogP contribution in [0.3, 0.4) is 0 Å². The average Bonchev–Trinajstić information content (AvgIpc) is 3.02. The molecule has 124 valence electrons. The number of para-hydroxylation sites is 2. The number of aromatic nitrogens is 2. The van der Waals surface area contributed by atoms with Crippen molar-refractivity contribution >= 4 is 23.3 Å². The fourth-order valence-electron chi connectivity index (χ4n) is 3.12. The highest BCUT2D eigenvalue weighted by Gasteiger charge is 2.28. The maximum Gasteiger partial charge on any atom is 0.266 e. The van der Waals surface area contributed by atoms with Gasteiger partial charge in [-0.1, -0.05) is 30.3 Å². The van der Waals surface area contributed by atoms with Crippen LogP contribution in [0.4, 0.5) is 0 Å². The molecule has 2 N–H and O–H groups in total. The number of β-amino-alcohol motifs (C(OH)–C–C–N with tert-alkyl or cyclic N) is 1. The van der Waals surface area contributed by atoms with Crippen molar-refractivity contribution in [1.29, 1.82) is 0 Å². The van der Waals surface area contributed by atoms with Crippen molar-refractivity contribution in [2.75, 3.05) is 6.54 Å². The second-order valence-electron chi connectivity index (χ2n) is 5.81. The van der Waals surface area contributed by atoms with Gasteiger partial charge in [0.05, 0.1) is 28.7 Å². The van der Waals surface area contributed by atoms with E-state index in [1.807, 2.05) is 48.5 Å². The van der Waals surface area contributed by atoms with Crippen molar-refractivity contribution in [3.63, 3.8) is 0 Å². The first kappa shape index (κ1) is 16.6. The molecule has 0 saturated carbocycles. The van der Waals surface area contributed by atoms with Crippen molar-refractivity contribution in [1.82, 2.24) is 14.9 Å². The van der Waals surface area contributed by atoms with Gasteiger partial charge in [-0.2, -0.15) is 0 Å². The Morgan fingerprint density at radius 3 is 2.50 bits per heavy atom. The van der Waals surface area contributed by atoms with E-state index in [-0.39, 0.29) is 24.0 Å². The highest BCUT2D eigenvalue weighted by molar-refractivity contribution is 5.85. The molecule has 0 amide bonds. The van der Waals surface area contributed by atoms with E-state index in [4.69, 9.17) is 4.98 Å². The Kier molecular flexibility index (Phi) is 4.66. The van der Waals surface area contributed by atoms with Crippen LogP contribution in [0.25, 0.3) is 16.6 Å². The lowest BCUT2D eigenvalue weighted by Crippen LogP contribution is -2.28. The Labute approximate surface area is 145 Å². The maximum atomic E-state index is 13.0. The third-order valence-electron chi connectivity index (χ3n) is 4.24. The first-order valence-corrected chi connectivity index (χ1v) is 7.72. The molecule has 6 heteroatoms. The number of nitrogens with zero attached hydrogens (tertiary/aromatic N) is 2. The number of benzene rings is 2. The summed E-state index contributed by atoms with van der Waals surface area (Å²) in [5.74, 6) is 0.649. The lowest BCUT2D eigenvalue weighted by atomic mass is 10.1. The largest absolute Gasteiger partial charge is 0.392 e. The number of halogens is 1. The number of hydrogen-bond donors (Lipinski definition) is 2. The lowest BCUT2D eigenvalue weighted by Gasteiger charge is -2.18. The van der Waals surface area contributed by atoms with E-state index in [9.17, 15) is 9.90 Å². The minimum atomic E-state index is -0.410. The van der Waals surface area contributed by atoms with E-state index >= 15 is 0 Å². The van der Waals surface area contributed by atoms with E-state index in [2.05, 4.69) is 5.32 Å². The Hall–Kier alpha value is -2.21. The molecule has 0 aliphatic carbocycles. The second-order valence-corrected chi connectivity index (χ2v) is 5.81. The van der Waals surface area contributed by atoms with Gasteiger partial charge in [0.15, 0.2) is 0 Å². The predicted molar refractivity (Wildman–Crippen MR) is 96.0 cm³/mol. The Bertz CT molecular complexity index is 911. The fraction of sp³-hybridized carbons (Fsp3) is 0.222. The Morgan fingerprint density at radius 1 is 1.08 bits per heavy atom. The fourth-order valence-corrected chi connectivity index (χ4v) is 3.12. The van der Waals surface area contributed by atoms with Crippen LogP contribution in [0, 0.1) is 0 Å². The van der Waals surface area contributed by atoms with Gasteiger partial charge in [-0.25, -0.2) is 4.98 Å². The van der Waals surface area contributed by atoms with Crippen LogP contribution in [0.2, 0.25) is 0 Å². The van der Waals surface area contributed by atoms with Crippen LogP contribution in [-0.4, -0.2) is 27.3 Å². The molecular formula is C18H18ClN3O2. The van der Waals surface area contributed by atoms with Crippen LogP contribution >= 0.6 is 12.4 Å². The number of aliphatic hydroxyl groups excluding tert-OH is 1. The average molecular weight is 344 g/mol. The lowest BCUT2D eigenvalue weighted by molar-refractivity contribution is 0.193. The van der Waals surface area contributed by atoms with Crippen LogP contribution in [0.5, 0.6) is 0 Å². The Morgan fingerprint density at radius 2 is 1.79 bits per heavy atom. The van der Waals surface area contributed by atoms with Crippen LogP contribution in [0.15, 0.2) is 59.4 Å². The molecule has 1 saturated heterocycles. The number of hydrogen-bond acceptors (Lipinski definition) is 4. The molecule has 1 fully saturated rings. The Balaban J connectivity index is 0.00000169. The zero-order valence-corrected chi connectivity index (χ0v) is 13.7. The van der Waals surface area contributed by atoms with Crippen molar-refractivity contribution in [3.05, 3.63) is 70.8 Å². The summed E-state index contributed by atoms with van der Waals surface area (Å²) < 4.78 is 1.65. The molecule has 1 aromatic heterocycles. The molecule has 2 aromatic carbocycles. The van der Waals surface area contributed by atoms with E-state index < -0.39 is 6.10 Å². The quantitative estimate of drug-likeness (QED) is 0.748.